The molecule has 2 amide bonds. The van der Waals surface area contributed by atoms with E-state index in [0.717, 1.165) is 36.5 Å². The minimum Gasteiger partial charge on any atom is -0.350 e. The Kier molecular flexibility index (Phi) is 9.01. The molecule has 2 fully saturated rings. The second-order valence-electron chi connectivity index (χ2n) is 12.0. The van der Waals surface area contributed by atoms with Gasteiger partial charge in [-0.05, 0) is 80.8 Å². The Morgan fingerprint density at radius 3 is 2.31 bits per heavy atom. The van der Waals surface area contributed by atoms with E-state index >= 15 is 0 Å². The van der Waals surface area contributed by atoms with Crippen LogP contribution in [-0.2, 0) is 9.59 Å². The van der Waals surface area contributed by atoms with Gasteiger partial charge in [0.1, 0.15) is 11.6 Å². The first-order valence-electron chi connectivity index (χ1n) is 13.9. The number of nitrogens with zero attached hydrogens (tertiary/aromatic N) is 2. The zero-order valence-corrected chi connectivity index (χ0v) is 24.3. The number of halogens is 3. The highest BCUT2D eigenvalue weighted by atomic mass is 35.5. The van der Waals surface area contributed by atoms with E-state index in [1.807, 2.05) is 24.0 Å². The van der Waals surface area contributed by atoms with Gasteiger partial charge < -0.3 is 10.2 Å². The molecule has 8 heteroatoms. The summed E-state index contributed by atoms with van der Waals surface area (Å²) in [5.41, 5.74) is 2.43. The number of hydrogen-bond donors (Lipinski definition) is 1. The number of likely N-dealkylation sites (tertiary alicyclic amines) is 2. The zero-order chi connectivity index (χ0) is 28.5. The molecule has 5 nitrogen and oxygen atoms in total. The Hall–Kier alpha value is -2.51. The molecule has 0 radical (unpaired) electrons. The first-order valence-corrected chi connectivity index (χ1v) is 14.3. The first kappa shape index (κ1) is 29.5. The molecule has 1 N–H and O–H groups in total. The maximum absolute atomic E-state index is 14.9. The van der Waals surface area contributed by atoms with Crippen molar-refractivity contribution in [2.75, 3.05) is 26.2 Å². The minimum atomic E-state index is -0.614. The molecule has 0 unspecified atom stereocenters. The molecular weight excluding hydrogens is 520 g/mol. The van der Waals surface area contributed by atoms with E-state index in [-0.39, 0.29) is 35.2 Å². The minimum absolute atomic E-state index is 0.0370. The van der Waals surface area contributed by atoms with Gasteiger partial charge >= 0.3 is 0 Å². The van der Waals surface area contributed by atoms with Crippen LogP contribution in [0.4, 0.5) is 8.78 Å². The van der Waals surface area contributed by atoms with Crippen LogP contribution in [0.5, 0.6) is 0 Å². The van der Waals surface area contributed by atoms with Crippen molar-refractivity contribution in [3.63, 3.8) is 0 Å². The van der Waals surface area contributed by atoms with Crippen molar-refractivity contribution >= 4 is 23.4 Å². The third-order valence-corrected chi connectivity index (χ3v) is 8.64. The van der Waals surface area contributed by atoms with Gasteiger partial charge in [-0.1, -0.05) is 30.7 Å². The van der Waals surface area contributed by atoms with E-state index in [1.165, 1.54) is 19.1 Å². The molecule has 3 atom stereocenters. The van der Waals surface area contributed by atoms with Crippen molar-refractivity contribution in [2.45, 2.75) is 77.3 Å². The average Bonchev–Trinajstić information content (AvgIpc) is 3.33. The maximum atomic E-state index is 14.9. The quantitative estimate of drug-likeness (QED) is 0.444. The van der Waals surface area contributed by atoms with Crippen molar-refractivity contribution in [2.24, 2.45) is 5.92 Å². The Bertz CT molecular complexity index is 1210. The van der Waals surface area contributed by atoms with Gasteiger partial charge in [0.25, 0.3) is 0 Å². The highest BCUT2D eigenvalue weighted by Crippen LogP contribution is 2.40. The molecule has 39 heavy (non-hydrogen) atoms. The molecule has 2 aliphatic heterocycles. The number of nitrogens with one attached hydrogen (secondary N) is 1. The third kappa shape index (κ3) is 6.63. The Balaban J connectivity index is 1.52. The second kappa shape index (κ2) is 11.9. The molecule has 2 aromatic rings. The summed E-state index contributed by atoms with van der Waals surface area (Å²) in [5.74, 6) is -1.73. The van der Waals surface area contributed by atoms with Crippen molar-refractivity contribution in [1.82, 2.24) is 15.1 Å². The fraction of sp³-hybridized carbons (Fsp3) is 0.548. The number of amides is 2. The van der Waals surface area contributed by atoms with Crippen LogP contribution in [0.1, 0.15) is 88.4 Å². The van der Waals surface area contributed by atoms with Crippen molar-refractivity contribution < 1.29 is 18.4 Å². The summed E-state index contributed by atoms with van der Waals surface area (Å²) < 4.78 is 28.5. The van der Waals surface area contributed by atoms with Crippen LogP contribution in [0.2, 0.25) is 5.02 Å². The predicted molar refractivity (Wildman–Crippen MR) is 151 cm³/mol. The summed E-state index contributed by atoms with van der Waals surface area (Å²) in [6.07, 6.45) is 2.34. The van der Waals surface area contributed by atoms with Crippen LogP contribution in [0.3, 0.4) is 0 Å². The molecule has 0 bridgehead atoms. The van der Waals surface area contributed by atoms with E-state index in [2.05, 4.69) is 37.1 Å². The lowest BCUT2D eigenvalue weighted by Crippen LogP contribution is -2.44. The Morgan fingerprint density at radius 1 is 1.05 bits per heavy atom. The van der Waals surface area contributed by atoms with Gasteiger partial charge in [0.2, 0.25) is 11.8 Å². The molecule has 0 spiro atoms. The lowest BCUT2D eigenvalue weighted by atomic mass is 9.83. The standard InChI is InChI=1S/C31H40ClF2N3O2/c1-6-29(35-19(2)38)25-15-21(32)7-9-23(25)20-11-13-36(14-12-20)30(39)27-18-37(31(3,4)5)17-26(27)24-10-8-22(33)16-28(24)34/h7-10,15-16,20,26-27,29H,6,11-14,17-18H2,1-5H3,(H,35,38)/t26-,27+,29-/m0/s1. The molecule has 212 valence electrons. The van der Waals surface area contributed by atoms with Crippen molar-refractivity contribution in [3.05, 3.63) is 69.7 Å². The molecule has 0 saturated carbocycles. The number of benzene rings is 2. The predicted octanol–water partition coefficient (Wildman–Crippen LogP) is 6.43. The lowest BCUT2D eigenvalue weighted by molar-refractivity contribution is -0.136. The molecule has 2 aromatic carbocycles. The van der Waals surface area contributed by atoms with Gasteiger partial charge in [-0.25, -0.2) is 8.78 Å². The van der Waals surface area contributed by atoms with Crippen molar-refractivity contribution in [3.8, 4) is 0 Å². The summed E-state index contributed by atoms with van der Waals surface area (Å²) in [6, 6.07) is 9.45. The summed E-state index contributed by atoms with van der Waals surface area (Å²) in [7, 11) is 0. The largest absolute Gasteiger partial charge is 0.350 e. The molecule has 2 aliphatic rings. The molecule has 4 rings (SSSR count). The van der Waals surface area contributed by atoms with E-state index in [9.17, 15) is 18.4 Å². The molecule has 2 heterocycles. The van der Waals surface area contributed by atoms with Gasteiger partial charge in [0.15, 0.2) is 0 Å². The van der Waals surface area contributed by atoms with Crippen LogP contribution in [0, 0.1) is 17.6 Å². The Morgan fingerprint density at radius 2 is 1.72 bits per heavy atom. The van der Waals surface area contributed by atoms with Gasteiger partial charge in [-0.2, -0.15) is 0 Å². The SMILES string of the molecule is CC[C@H](NC(C)=O)c1cc(Cl)ccc1C1CCN(C(=O)[C@@H]2CN(C(C)(C)C)C[C@H]2c2ccc(F)cc2F)CC1. The highest BCUT2D eigenvalue weighted by molar-refractivity contribution is 6.30. The lowest BCUT2D eigenvalue weighted by Gasteiger charge is -2.36. The van der Waals surface area contributed by atoms with Gasteiger partial charge in [-0.3, -0.25) is 14.5 Å². The fourth-order valence-electron chi connectivity index (χ4n) is 6.23. The van der Waals surface area contributed by atoms with Crippen LogP contribution < -0.4 is 5.32 Å². The Labute approximate surface area is 235 Å². The molecule has 0 aromatic heterocycles. The maximum Gasteiger partial charge on any atom is 0.227 e. The van der Waals surface area contributed by atoms with E-state index in [1.54, 1.807) is 0 Å². The first-order chi connectivity index (χ1) is 18.4. The molecule has 2 saturated heterocycles. The van der Waals surface area contributed by atoms with Gasteiger partial charge in [0, 0.05) is 55.6 Å². The average molecular weight is 560 g/mol. The number of rotatable bonds is 6. The van der Waals surface area contributed by atoms with E-state index in [0.29, 0.717) is 36.8 Å². The summed E-state index contributed by atoms with van der Waals surface area (Å²) in [5, 5.41) is 3.67. The van der Waals surface area contributed by atoms with Crippen molar-refractivity contribution in [1.29, 1.82) is 0 Å². The van der Waals surface area contributed by atoms with Gasteiger partial charge in [-0.15, -0.1) is 0 Å². The zero-order valence-electron chi connectivity index (χ0n) is 23.6. The smallest absolute Gasteiger partial charge is 0.227 e. The second-order valence-corrected chi connectivity index (χ2v) is 12.4. The van der Waals surface area contributed by atoms with E-state index in [4.69, 9.17) is 11.6 Å². The number of carbonyl (C=O) groups is 2. The monoisotopic (exact) mass is 559 g/mol. The molecule has 0 aliphatic carbocycles. The number of hydrogen-bond acceptors (Lipinski definition) is 3. The summed E-state index contributed by atoms with van der Waals surface area (Å²) in [6.45, 7) is 12.1. The summed E-state index contributed by atoms with van der Waals surface area (Å²) in [4.78, 5) is 29.9. The highest BCUT2D eigenvalue weighted by Gasteiger charge is 2.44. The fourth-order valence-corrected chi connectivity index (χ4v) is 6.41. The van der Waals surface area contributed by atoms with E-state index < -0.39 is 17.6 Å². The number of carbonyl (C=O) groups excluding carboxylic acids is 2. The van der Waals surface area contributed by atoms with Crippen LogP contribution in [0.25, 0.3) is 0 Å². The topological polar surface area (TPSA) is 52.7 Å². The van der Waals surface area contributed by atoms with Crippen LogP contribution >= 0.6 is 11.6 Å². The number of piperidine rings is 1. The normalized spacial score (nSPS) is 21.7. The molecular formula is C31H40ClF2N3O2. The van der Waals surface area contributed by atoms with Gasteiger partial charge in [0.05, 0.1) is 12.0 Å². The van der Waals surface area contributed by atoms with Crippen LogP contribution in [-0.4, -0.2) is 53.3 Å². The third-order valence-electron chi connectivity index (χ3n) is 8.40. The van der Waals surface area contributed by atoms with Crippen LogP contribution in [0.15, 0.2) is 36.4 Å². The summed E-state index contributed by atoms with van der Waals surface area (Å²) >= 11 is 6.34.